The molecule has 10 rings (SSSR count). The molecule has 0 bridgehead atoms. The van der Waals surface area contributed by atoms with Gasteiger partial charge in [-0.2, -0.15) is 0 Å². The number of nitrogens with zero attached hydrogens (tertiary/aromatic N) is 3. The van der Waals surface area contributed by atoms with Gasteiger partial charge in [0.15, 0.2) is 0 Å². The standard InChI is InChI=1S/C59H57N3O/c1-56(2,3)36-22-26-47-42(30-36)43-31-37(57(4,5)6)23-27-48(43)61(47)53-46(60-13)34-51-52(41-21-17-20-40(55(41)63-51)35-18-15-14-16-19-35)54(53)62-49-28-24-38(58(7,8)9)32-44(49)45-33-39(59(10,11)12)25-29-50(45)62/h14-34H,1-12H3. The summed E-state index contributed by atoms with van der Waals surface area (Å²) >= 11 is 0. The summed E-state index contributed by atoms with van der Waals surface area (Å²) in [5, 5.41) is 6.75. The molecule has 10 aromatic rings. The molecule has 0 aliphatic heterocycles. The first-order valence-corrected chi connectivity index (χ1v) is 22.4. The van der Waals surface area contributed by atoms with Gasteiger partial charge in [0.25, 0.3) is 0 Å². The summed E-state index contributed by atoms with van der Waals surface area (Å²) in [6.45, 7) is 36.4. The Kier molecular flexibility index (Phi) is 8.82. The number of rotatable bonds is 3. The molecular weight excluding hydrogens is 767 g/mol. The molecule has 314 valence electrons. The van der Waals surface area contributed by atoms with Crippen molar-refractivity contribution in [3.63, 3.8) is 0 Å². The third-order valence-corrected chi connectivity index (χ3v) is 13.4. The maximum Gasteiger partial charge on any atom is 0.216 e. The van der Waals surface area contributed by atoms with Crippen molar-refractivity contribution in [1.82, 2.24) is 9.13 Å². The van der Waals surface area contributed by atoms with E-state index in [0.717, 1.165) is 60.9 Å². The third kappa shape index (κ3) is 6.38. The maximum atomic E-state index is 9.02. The molecule has 0 N–H and O–H groups in total. The van der Waals surface area contributed by atoms with E-state index in [2.05, 4.69) is 212 Å². The zero-order chi connectivity index (χ0) is 44.5. The van der Waals surface area contributed by atoms with Crippen LogP contribution in [0.5, 0.6) is 0 Å². The predicted octanol–water partition coefficient (Wildman–Crippen LogP) is 17.2. The molecule has 0 saturated heterocycles. The van der Waals surface area contributed by atoms with E-state index in [0.29, 0.717) is 11.3 Å². The molecule has 0 radical (unpaired) electrons. The molecule has 0 aliphatic carbocycles. The Hall–Kier alpha value is -6.57. The quantitative estimate of drug-likeness (QED) is 0.163. The third-order valence-electron chi connectivity index (χ3n) is 13.4. The first kappa shape index (κ1) is 40.5. The number of para-hydroxylation sites is 1. The minimum atomic E-state index is -0.0535. The van der Waals surface area contributed by atoms with Crippen molar-refractivity contribution in [2.45, 2.75) is 105 Å². The lowest BCUT2D eigenvalue weighted by Crippen LogP contribution is -2.11. The van der Waals surface area contributed by atoms with Crippen molar-refractivity contribution in [2.75, 3.05) is 0 Å². The second-order valence-electron chi connectivity index (χ2n) is 21.8. The zero-order valence-corrected chi connectivity index (χ0v) is 38.9. The Balaban J connectivity index is 1.46. The van der Waals surface area contributed by atoms with Crippen molar-refractivity contribution in [3.05, 3.63) is 161 Å². The molecule has 3 heterocycles. The summed E-state index contributed by atoms with van der Waals surface area (Å²) in [5.41, 5.74) is 15.1. The molecule has 0 aliphatic rings. The Bertz CT molecular complexity index is 3390. The minimum absolute atomic E-state index is 0.0526. The first-order valence-electron chi connectivity index (χ1n) is 22.4. The van der Waals surface area contributed by atoms with Gasteiger partial charge >= 0.3 is 0 Å². The van der Waals surface area contributed by atoms with Crippen LogP contribution < -0.4 is 0 Å². The lowest BCUT2D eigenvalue weighted by Gasteiger charge is -2.22. The van der Waals surface area contributed by atoms with Crippen molar-refractivity contribution in [1.29, 1.82) is 0 Å². The number of benzene rings is 7. The van der Waals surface area contributed by atoms with Crippen molar-refractivity contribution >= 4 is 71.2 Å². The van der Waals surface area contributed by atoms with Gasteiger partial charge in [-0.15, -0.1) is 0 Å². The maximum absolute atomic E-state index is 9.02. The highest BCUT2D eigenvalue weighted by atomic mass is 16.3. The Morgan fingerprint density at radius 3 is 1.24 bits per heavy atom. The molecule has 0 amide bonds. The fourth-order valence-corrected chi connectivity index (χ4v) is 9.68. The van der Waals surface area contributed by atoms with Crippen LogP contribution in [0.4, 0.5) is 5.69 Å². The predicted molar refractivity (Wildman–Crippen MR) is 269 cm³/mol. The van der Waals surface area contributed by atoms with Gasteiger partial charge < -0.3 is 13.6 Å². The molecule has 4 nitrogen and oxygen atoms in total. The largest absolute Gasteiger partial charge is 0.457 e. The molecule has 0 unspecified atom stereocenters. The topological polar surface area (TPSA) is 27.4 Å². The smallest absolute Gasteiger partial charge is 0.216 e. The average Bonchev–Trinajstić information content (AvgIpc) is 3.88. The van der Waals surface area contributed by atoms with Crippen LogP contribution in [0.1, 0.15) is 105 Å². The fourth-order valence-electron chi connectivity index (χ4n) is 9.68. The van der Waals surface area contributed by atoms with Crippen LogP contribution in [0.15, 0.2) is 132 Å². The number of hydrogen-bond donors (Lipinski definition) is 0. The van der Waals surface area contributed by atoms with Crippen LogP contribution in [-0.2, 0) is 21.7 Å². The zero-order valence-electron chi connectivity index (χ0n) is 38.9. The van der Waals surface area contributed by atoms with Gasteiger partial charge in [-0.25, -0.2) is 4.85 Å². The second-order valence-corrected chi connectivity index (χ2v) is 21.8. The molecular formula is C59H57N3O. The van der Waals surface area contributed by atoms with Crippen molar-refractivity contribution < 1.29 is 4.42 Å². The number of aromatic nitrogens is 2. The van der Waals surface area contributed by atoms with Crippen LogP contribution in [0.2, 0.25) is 0 Å². The monoisotopic (exact) mass is 823 g/mol. The van der Waals surface area contributed by atoms with E-state index in [4.69, 9.17) is 11.0 Å². The van der Waals surface area contributed by atoms with Crippen LogP contribution in [0, 0.1) is 6.57 Å². The van der Waals surface area contributed by atoms with E-state index in [-0.39, 0.29) is 21.7 Å². The lowest BCUT2D eigenvalue weighted by molar-refractivity contribution is 0.590. The lowest BCUT2D eigenvalue weighted by atomic mass is 9.85. The molecule has 0 atom stereocenters. The molecule has 4 heteroatoms. The summed E-state index contributed by atoms with van der Waals surface area (Å²) in [5.74, 6) is 0. The first-order chi connectivity index (χ1) is 29.7. The summed E-state index contributed by atoms with van der Waals surface area (Å²) in [6.07, 6.45) is 0. The number of hydrogen-bond acceptors (Lipinski definition) is 1. The van der Waals surface area contributed by atoms with Gasteiger partial charge in [-0.05, 0) is 104 Å². The van der Waals surface area contributed by atoms with Gasteiger partial charge in [-0.1, -0.05) is 156 Å². The Labute approximate surface area is 371 Å². The van der Waals surface area contributed by atoms with Crippen molar-refractivity contribution in [3.8, 4) is 22.5 Å². The van der Waals surface area contributed by atoms with Crippen LogP contribution in [-0.4, -0.2) is 9.13 Å². The van der Waals surface area contributed by atoms with E-state index in [1.165, 1.54) is 43.8 Å². The van der Waals surface area contributed by atoms with E-state index in [1.54, 1.807) is 0 Å². The highest BCUT2D eigenvalue weighted by molar-refractivity contribution is 6.20. The van der Waals surface area contributed by atoms with Crippen molar-refractivity contribution in [2.24, 2.45) is 0 Å². The summed E-state index contributed by atoms with van der Waals surface area (Å²) in [6, 6.07) is 46.9. The molecule has 7 aromatic carbocycles. The van der Waals surface area contributed by atoms with Crippen LogP contribution in [0.3, 0.4) is 0 Å². The second kappa shape index (κ2) is 13.7. The SMILES string of the molecule is [C-]#[N+]c1cc2oc3c(-c4ccccc4)cccc3c2c(-n2c3ccc(C(C)(C)C)cc3c3cc(C(C)(C)C)ccc32)c1-n1c2ccc(C(C)(C)C)cc2c2cc(C(C)(C)C)ccc21. The molecule has 63 heavy (non-hydrogen) atoms. The van der Waals surface area contributed by atoms with Gasteiger partial charge in [-0.3, -0.25) is 0 Å². The molecule has 0 spiro atoms. The fraction of sp³-hybridized carbons (Fsp3) is 0.271. The summed E-state index contributed by atoms with van der Waals surface area (Å²) < 4.78 is 11.9. The molecule has 3 aromatic heterocycles. The van der Waals surface area contributed by atoms with E-state index in [1.807, 2.05) is 12.1 Å². The van der Waals surface area contributed by atoms with Crippen LogP contribution >= 0.6 is 0 Å². The highest BCUT2D eigenvalue weighted by Crippen LogP contribution is 2.50. The van der Waals surface area contributed by atoms with Gasteiger partial charge in [0.1, 0.15) is 11.2 Å². The Morgan fingerprint density at radius 1 is 0.429 bits per heavy atom. The average molecular weight is 824 g/mol. The normalized spacial score (nSPS) is 13.1. The van der Waals surface area contributed by atoms with Gasteiger partial charge in [0, 0.05) is 32.5 Å². The molecule has 0 fully saturated rings. The van der Waals surface area contributed by atoms with Gasteiger partial charge in [0.05, 0.1) is 45.4 Å². The van der Waals surface area contributed by atoms with Crippen LogP contribution in [0.25, 0.3) is 92.9 Å². The Morgan fingerprint density at radius 2 is 0.841 bits per heavy atom. The van der Waals surface area contributed by atoms with E-state index in [9.17, 15) is 0 Å². The summed E-state index contributed by atoms with van der Waals surface area (Å²) in [7, 11) is 0. The van der Waals surface area contributed by atoms with E-state index < -0.39 is 0 Å². The molecule has 0 saturated carbocycles. The number of furan rings is 1. The minimum Gasteiger partial charge on any atom is -0.457 e. The van der Waals surface area contributed by atoms with E-state index >= 15 is 0 Å². The summed E-state index contributed by atoms with van der Waals surface area (Å²) in [4.78, 5) is 4.43. The number of fused-ring (bicyclic) bond motifs is 9. The van der Waals surface area contributed by atoms with Gasteiger partial charge in [0.2, 0.25) is 5.69 Å². The highest BCUT2D eigenvalue weighted by Gasteiger charge is 2.30.